The number of anilines is 1. The molecular formula is C15H16FN3O4. The van der Waals surface area contributed by atoms with Crippen LogP contribution in [0.25, 0.3) is 0 Å². The van der Waals surface area contributed by atoms with E-state index in [1.165, 1.54) is 24.3 Å². The van der Waals surface area contributed by atoms with Crippen molar-refractivity contribution in [1.82, 2.24) is 9.80 Å². The summed E-state index contributed by atoms with van der Waals surface area (Å²) >= 11 is 0. The minimum atomic E-state index is -0.607. The number of nitrogens with zero attached hydrogens (tertiary/aromatic N) is 2. The molecular weight excluding hydrogens is 305 g/mol. The Morgan fingerprint density at radius 1 is 1.17 bits per heavy atom. The zero-order chi connectivity index (χ0) is 16.4. The molecule has 0 spiro atoms. The fourth-order valence-corrected chi connectivity index (χ4v) is 2.78. The lowest BCUT2D eigenvalue weighted by atomic mass is 10.0. The van der Waals surface area contributed by atoms with Gasteiger partial charge in [-0.3, -0.25) is 4.79 Å². The van der Waals surface area contributed by atoms with E-state index in [4.69, 9.17) is 4.74 Å². The molecule has 0 radical (unpaired) electrons. The van der Waals surface area contributed by atoms with E-state index in [1.54, 1.807) is 4.90 Å². The quantitative estimate of drug-likeness (QED) is 0.901. The standard InChI is InChI=1S/C15H16FN3O4/c16-10-1-3-11(4-2-10)17-14(21)18-7-5-12(6-8-18)19-13(20)9-23-15(19)22/h1-4,12H,5-9H2,(H,17,21). The van der Waals surface area contributed by atoms with Crippen molar-refractivity contribution in [3.8, 4) is 0 Å². The molecule has 3 rings (SSSR count). The predicted octanol–water partition coefficient (Wildman–Crippen LogP) is 1.80. The van der Waals surface area contributed by atoms with Crippen molar-refractivity contribution >= 4 is 23.7 Å². The molecule has 0 aliphatic carbocycles. The summed E-state index contributed by atoms with van der Waals surface area (Å²) in [4.78, 5) is 38.1. The second-order valence-corrected chi connectivity index (χ2v) is 5.47. The molecule has 0 saturated carbocycles. The summed E-state index contributed by atoms with van der Waals surface area (Å²) in [6, 6.07) is 4.99. The number of piperidine rings is 1. The third kappa shape index (κ3) is 3.25. The van der Waals surface area contributed by atoms with Gasteiger partial charge in [-0.15, -0.1) is 0 Å². The molecule has 4 amide bonds. The molecule has 23 heavy (non-hydrogen) atoms. The zero-order valence-electron chi connectivity index (χ0n) is 12.3. The van der Waals surface area contributed by atoms with Crippen LogP contribution >= 0.6 is 0 Å². The van der Waals surface area contributed by atoms with Gasteiger partial charge in [-0.05, 0) is 37.1 Å². The van der Waals surface area contributed by atoms with Crippen molar-refractivity contribution < 1.29 is 23.5 Å². The lowest BCUT2D eigenvalue weighted by Crippen LogP contribution is -2.49. The molecule has 2 saturated heterocycles. The number of ether oxygens (including phenoxy) is 1. The number of benzene rings is 1. The van der Waals surface area contributed by atoms with E-state index in [0.717, 1.165) is 4.90 Å². The van der Waals surface area contributed by atoms with E-state index in [9.17, 15) is 18.8 Å². The summed E-state index contributed by atoms with van der Waals surface area (Å²) in [6.45, 7) is 0.646. The van der Waals surface area contributed by atoms with Gasteiger partial charge in [0, 0.05) is 24.8 Å². The Bertz CT molecular complexity index is 610. The number of likely N-dealkylation sites (tertiary alicyclic amines) is 1. The third-order valence-electron chi connectivity index (χ3n) is 4.00. The van der Waals surface area contributed by atoms with Crippen molar-refractivity contribution in [2.75, 3.05) is 25.0 Å². The number of carbonyl (C=O) groups excluding carboxylic acids is 3. The van der Waals surface area contributed by atoms with Gasteiger partial charge in [0.15, 0.2) is 6.61 Å². The second kappa shape index (κ2) is 6.23. The Kier molecular flexibility index (Phi) is 4.14. The highest BCUT2D eigenvalue weighted by Crippen LogP contribution is 2.21. The molecule has 1 N–H and O–H groups in total. The van der Waals surface area contributed by atoms with E-state index in [1.807, 2.05) is 0 Å². The van der Waals surface area contributed by atoms with Gasteiger partial charge in [-0.1, -0.05) is 0 Å². The number of hydrogen-bond acceptors (Lipinski definition) is 4. The maximum atomic E-state index is 12.8. The number of hydrogen-bond donors (Lipinski definition) is 1. The number of halogens is 1. The number of carbonyl (C=O) groups is 3. The number of rotatable bonds is 2. The van der Waals surface area contributed by atoms with Gasteiger partial charge >= 0.3 is 12.1 Å². The third-order valence-corrected chi connectivity index (χ3v) is 4.00. The molecule has 0 aromatic heterocycles. The van der Waals surface area contributed by atoms with Crippen LogP contribution in [0.2, 0.25) is 0 Å². The molecule has 1 aromatic rings. The maximum Gasteiger partial charge on any atom is 0.417 e. The first-order valence-electron chi connectivity index (χ1n) is 7.35. The van der Waals surface area contributed by atoms with Crippen LogP contribution in [0.3, 0.4) is 0 Å². The Morgan fingerprint density at radius 3 is 2.39 bits per heavy atom. The molecule has 0 atom stereocenters. The molecule has 0 bridgehead atoms. The van der Waals surface area contributed by atoms with Crippen LogP contribution in [-0.4, -0.2) is 53.6 Å². The van der Waals surface area contributed by atoms with E-state index in [-0.39, 0.29) is 30.4 Å². The number of cyclic esters (lactones) is 1. The number of imide groups is 1. The van der Waals surface area contributed by atoms with Crippen molar-refractivity contribution in [3.05, 3.63) is 30.1 Å². The molecule has 2 fully saturated rings. The summed E-state index contributed by atoms with van der Waals surface area (Å²) < 4.78 is 17.5. The minimum absolute atomic E-state index is 0.204. The Morgan fingerprint density at radius 2 is 1.83 bits per heavy atom. The van der Waals surface area contributed by atoms with Crippen LogP contribution in [0.5, 0.6) is 0 Å². The van der Waals surface area contributed by atoms with Gasteiger partial charge in [0.1, 0.15) is 5.82 Å². The summed E-state index contributed by atoms with van der Waals surface area (Å²) in [5, 5.41) is 2.69. The van der Waals surface area contributed by atoms with Crippen LogP contribution < -0.4 is 5.32 Å². The van der Waals surface area contributed by atoms with Gasteiger partial charge in [-0.25, -0.2) is 18.9 Å². The maximum absolute atomic E-state index is 12.8. The summed E-state index contributed by atoms with van der Waals surface area (Å²) in [7, 11) is 0. The molecule has 122 valence electrons. The molecule has 2 aliphatic heterocycles. The lowest BCUT2D eigenvalue weighted by molar-refractivity contribution is -0.127. The highest BCUT2D eigenvalue weighted by Gasteiger charge is 2.38. The summed E-state index contributed by atoms with van der Waals surface area (Å²) in [5.74, 6) is -0.699. The number of amides is 4. The molecule has 0 unspecified atom stereocenters. The van der Waals surface area contributed by atoms with Crippen molar-refractivity contribution in [2.45, 2.75) is 18.9 Å². The largest absolute Gasteiger partial charge is 0.439 e. The molecule has 1 aromatic carbocycles. The van der Waals surface area contributed by atoms with Crippen molar-refractivity contribution in [2.24, 2.45) is 0 Å². The number of nitrogens with one attached hydrogen (secondary N) is 1. The van der Waals surface area contributed by atoms with Crippen LogP contribution in [0, 0.1) is 5.82 Å². The molecule has 2 heterocycles. The van der Waals surface area contributed by atoms with Crippen LogP contribution in [0.4, 0.5) is 19.7 Å². The Hall–Kier alpha value is -2.64. The van der Waals surface area contributed by atoms with Gasteiger partial charge in [0.25, 0.3) is 5.91 Å². The minimum Gasteiger partial charge on any atom is -0.439 e. The summed E-state index contributed by atoms with van der Waals surface area (Å²) in [5.41, 5.74) is 0.511. The normalized spacial score (nSPS) is 19.0. The average Bonchev–Trinajstić information content (AvgIpc) is 2.88. The lowest BCUT2D eigenvalue weighted by Gasteiger charge is -2.34. The number of urea groups is 1. The van der Waals surface area contributed by atoms with Crippen molar-refractivity contribution in [1.29, 1.82) is 0 Å². The summed E-state index contributed by atoms with van der Waals surface area (Å²) in [6.07, 6.45) is 0.416. The van der Waals surface area contributed by atoms with Gasteiger partial charge in [-0.2, -0.15) is 0 Å². The van der Waals surface area contributed by atoms with E-state index in [2.05, 4.69) is 5.32 Å². The molecule has 7 nitrogen and oxygen atoms in total. The van der Waals surface area contributed by atoms with E-state index >= 15 is 0 Å². The van der Waals surface area contributed by atoms with Crippen LogP contribution in [0.15, 0.2) is 24.3 Å². The Balaban J connectivity index is 1.54. The first-order valence-corrected chi connectivity index (χ1v) is 7.35. The zero-order valence-corrected chi connectivity index (χ0v) is 12.3. The van der Waals surface area contributed by atoms with Crippen LogP contribution in [0.1, 0.15) is 12.8 Å². The van der Waals surface area contributed by atoms with Gasteiger partial charge < -0.3 is 15.0 Å². The monoisotopic (exact) mass is 321 g/mol. The van der Waals surface area contributed by atoms with Crippen LogP contribution in [-0.2, 0) is 9.53 Å². The van der Waals surface area contributed by atoms with Crippen molar-refractivity contribution in [3.63, 3.8) is 0 Å². The topological polar surface area (TPSA) is 79.0 Å². The van der Waals surface area contributed by atoms with Gasteiger partial charge in [0.2, 0.25) is 0 Å². The van der Waals surface area contributed by atoms with E-state index in [0.29, 0.717) is 31.6 Å². The molecule has 8 heteroatoms. The second-order valence-electron chi connectivity index (χ2n) is 5.47. The SMILES string of the molecule is O=C(Nc1ccc(F)cc1)N1CCC(N2C(=O)COC2=O)CC1. The fourth-order valence-electron chi connectivity index (χ4n) is 2.78. The predicted molar refractivity (Wildman–Crippen MR) is 78.2 cm³/mol. The smallest absolute Gasteiger partial charge is 0.417 e. The first kappa shape index (κ1) is 15.3. The average molecular weight is 321 g/mol. The highest BCUT2D eigenvalue weighted by atomic mass is 19.1. The van der Waals surface area contributed by atoms with Gasteiger partial charge in [0.05, 0.1) is 0 Å². The highest BCUT2D eigenvalue weighted by molar-refractivity contribution is 5.98. The molecule has 2 aliphatic rings. The first-order chi connectivity index (χ1) is 11.0. The van der Waals surface area contributed by atoms with E-state index < -0.39 is 6.09 Å². The Labute approximate surface area is 132 Å². The fraction of sp³-hybridized carbons (Fsp3) is 0.400.